The summed E-state index contributed by atoms with van der Waals surface area (Å²) in [6, 6.07) is -0.758. The summed E-state index contributed by atoms with van der Waals surface area (Å²) in [4.78, 5) is 21.8. The average molecular weight is 303 g/mol. The van der Waals surface area contributed by atoms with Crippen LogP contribution in [0, 0.1) is 0 Å². The van der Waals surface area contributed by atoms with Crippen LogP contribution in [0.2, 0.25) is 0 Å². The van der Waals surface area contributed by atoms with Crippen LogP contribution in [0.15, 0.2) is 0 Å². The summed E-state index contributed by atoms with van der Waals surface area (Å²) >= 11 is 1.61. The fourth-order valence-electron chi connectivity index (χ4n) is 1.96. The minimum Gasteiger partial charge on any atom is -0.480 e. The first-order valence-corrected chi connectivity index (χ1v) is 8.81. The number of carboxylic acid groups (broad SMARTS) is 1. The molecular formula is C15H29NO3S. The zero-order valence-corrected chi connectivity index (χ0v) is 13.6. The fourth-order valence-corrected chi connectivity index (χ4v) is 3.00. The van der Waals surface area contributed by atoms with Gasteiger partial charge in [-0.15, -0.1) is 0 Å². The maximum atomic E-state index is 10.9. The summed E-state index contributed by atoms with van der Waals surface area (Å²) in [6.45, 7) is 3.57. The smallest absolute Gasteiger partial charge is 0.327 e. The molecule has 0 fully saturated rings. The molecule has 0 aromatic heterocycles. The molecule has 0 heterocycles. The minimum atomic E-state index is -0.955. The monoisotopic (exact) mass is 303 g/mol. The molecule has 0 aliphatic heterocycles. The van der Waals surface area contributed by atoms with Gasteiger partial charge in [-0.05, 0) is 12.2 Å². The largest absolute Gasteiger partial charge is 0.480 e. The van der Waals surface area contributed by atoms with Crippen LogP contribution in [0.3, 0.4) is 0 Å². The predicted octanol–water partition coefficient (Wildman–Crippen LogP) is 3.45. The summed E-state index contributed by atoms with van der Waals surface area (Å²) in [6.07, 6.45) is 10.3. The van der Waals surface area contributed by atoms with E-state index in [4.69, 9.17) is 5.11 Å². The van der Waals surface area contributed by atoms with Gasteiger partial charge in [0.1, 0.15) is 6.04 Å². The van der Waals surface area contributed by atoms with Gasteiger partial charge in [-0.3, -0.25) is 4.79 Å². The molecule has 0 bridgehead atoms. The molecular weight excluding hydrogens is 274 g/mol. The van der Waals surface area contributed by atoms with E-state index in [1.54, 1.807) is 11.8 Å². The number of rotatable bonds is 13. The normalized spacial score (nSPS) is 12.1. The SMILES string of the molecule is CCCCCCCCCCSC[C@H](NC(C)=O)C(=O)O. The van der Waals surface area contributed by atoms with Gasteiger partial charge in [-0.25, -0.2) is 4.79 Å². The van der Waals surface area contributed by atoms with E-state index in [9.17, 15) is 9.59 Å². The van der Waals surface area contributed by atoms with Crippen molar-refractivity contribution in [2.45, 2.75) is 71.3 Å². The van der Waals surface area contributed by atoms with E-state index in [-0.39, 0.29) is 5.91 Å². The molecule has 0 unspecified atom stereocenters. The second-order valence-electron chi connectivity index (χ2n) is 5.14. The van der Waals surface area contributed by atoms with Crippen molar-refractivity contribution in [3.8, 4) is 0 Å². The van der Waals surface area contributed by atoms with E-state index in [0.29, 0.717) is 5.75 Å². The first-order valence-electron chi connectivity index (χ1n) is 7.65. The molecule has 5 heteroatoms. The quantitative estimate of drug-likeness (QED) is 0.511. The molecule has 4 nitrogen and oxygen atoms in total. The predicted molar refractivity (Wildman–Crippen MR) is 85.2 cm³/mol. The van der Waals surface area contributed by atoms with Crippen molar-refractivity contribution in [1.82, 2.24) is 5.32 Å². The van der Waals surface area contributed by atoms with Crippen LogP contribution < -0.4 is 5.32 Å². The number of unbranched alkanes of at least 4 members (excludes halogenated alkanes) is 7. The van der Waals surface area contributed by atoms with Gasteiger partial charge in [0, 0.05) is 12.7 Å². The highest BCUT2D eigenvalue weighted by molar-refractivity contribution is 7.99. The zero-order valence-electron chi connectivity index (χ0n) is 12.8. The molecule has 0 aliphatic rings. The summed E-state index contributed by atoms with van der Waals surface area (Å²) < 4.78 is 0. The lowest BCUT2D eigenvalue weighted by molar-refractivity contribution is -0.140. The van der Waals surface area contributed by atoms with Crippen molar-refractivity contribution >= 4 is 23.6 Å². The van der Waals surface area contributed by atoms with Gasteiger partial charge in [0.05, 0.1) is 0 Å². The van der Waals surface area contributed by atoms with Crippen LogP contribution in [0.1, 0.15) is 65.2 Å². The fraction of sp³-hybridized carbons (Fsp3) is 0.867. The Morgan fingerprint density at radius 2 is 1.60 bits per heavy atom. The molecule has 0 spiro atoms. The maximum absolute atomic E-state index is 10.9. The lowest BCUT2D eigenvalue weighted by Gasteiger charge is -2.12. The van der Waals surface area contributed by atoms with E-state index < -0.39 is 12.0 Å². The van der Waals surface area contributed by atoms with Gasteiger partial charge in [0.15, 0.2) is 0 Å². The second kappa shape index (κ2) is 13.3. The molecule has 0 aromatic carbocycles. The molecule has 0 radical (unpaired) electrons. The summed E-state index contributed by atoms with van der Waals surface area (Å²) in [5.41, 5.74) is 0. The highest BCUT2D eigenvalue weighted by Crippen LogP contribution is 2.12. The third-order valence-electron chi connectivity index (χ3n) is 3.10. The molecule has 0 aromatic rings. The van der Waals surface area contributed by atoms with Crippen molar-refractivity contribution in [3.05, 3.63) is 0 Å². The number of carbonyl (C=O) groups is 2. The van der Waals surface area contributed by atoms with Crippen LogP contribution in [0.5, 0.6) is 0 Å². The second-order valence-corrected chi connectivity index (χ2v) is 6.29. The summed E-state index contributed by atoms with van der Waals surface area (Å²) in [5.74, 6) is 0.178. The number of hydrogen-bond acceptors (Lipinski definition) is 3. The number of amides is 1. The third kappa shape index (κ3) is 12.3. The number of aliphatic carboxylic acids is 1. The molecule has 0 saturated heterocycles. The van der Waals surface area contributed by atoms with Gasteiger partial charge >= 0.3 is 5.97 Å². The third-order valence-corrected chi connectivity index (χ3v) is 4.25. The van der Waals surface area contributed by atoms with E-state index in [2.05, 4.69) is 12.2 Å². The van der Waals surface area contributed by atoms with Crippen molar-refractivity contribution in [2.24, 2.45) is 0 Å². The summed E-state index contributed by atoms with van der Waals surface area (Å²) in [5, 5.41) is 11.4. The van der Waals surface area contributed by atoms with E-state index in [0.717, 1.165) is 12.2 Å². The standard InChI is InChI=1S/C15H29NO3S/c1-3-4-5-6-7-8-9-10-11-20-12-14(15(18)19)16-13(2)17/h14H,3-12H2,1-2H3,(H,16,17)(H,18,19)/t14-/m0/s1. The molecule has 1 amide bonds. The van der Waals surface area contributed by atoms with Crippen LogP contribution in [0.25, 0.3) is 0 Å². The summed E-state index contributed by atoms with van der Waals surface area (Å²) in [7, 11) is 0. The number of hydrogen-bond donors (Lipinski definition) is 2. The highest BCUT2D eigenvalue weighted by atomic mass is 32.2. The molecule has 0 aliphatic carbocycles. The van der Waals surface area contributed by atoms with Gasteiger partial charge < -0.3 is 10.4 Å². The van der Waals surface area contributed by atoms with Crippen LogP contribution in [-0.4, -0.2) is 34.5 Å². The number of carbonyl (C=O) groups excluding carboxylic acids is 1. The zero-order chi connectivity index (χ0) is 15.2. The number of carboxylic acids is 1. The van der Waals surface area contributed by atoms with Crippen LogP contribution in [-0.2, 0) is 9.59 Å². The molecule has 118 valence electrons. The van der Waals surface area contributed by atoms with Crippen molar-refractivity contribution in [1.29, 1.82) is 0 Å². The minimum absolute atomic E-state index is 0.287. The lowest BCUT2D eigenvalue weighted by atomic mass is 10.1. The Morgan fingerprint density at radius 3 is 2.10 bits per heavy atom. The Balaban J connectivity index is 3.41. The Bertz CT molecular complexity index is 272. The van der Waals surface area contributed by atoms with Gasteiger partial charge in [0.25, 0.3) is 0 Å². The van der Waals surface area contributed by atoms with Gasteiger partial charge in [0.2, 0.25) is 5.91 Å². The van der Waals surface area contributed by atoms with Crippen molar-refractivity contribution in [2.75, 3.05) is 11.5 Å². The number of thioether (sulfide) groups is 1. The Labute approximate surface area is 127 Å². The first-order chi connectivity index (χ1) is 9.57. The molecule has 2 N–H and O–H groups in total. The first kappa shape index (κ1) is 19.3. The van der Waals surface area contributed by atoms with Crippen molar-refractivity contribution < 1.29 is 14.7 Å². The van der Waals surface area contributed by atoms with E-state index >= 15 is 0 Å². The number of nitrogens with one attached hydrogen (secondary N) is 1. The van der Waals surface area contributed by atoms with Gasteiger partial charge in [-0.1, -0.05) is 51.9 Å². The van der Waals surface area contributed by atoms with Crippen LogP contribution >= 0.6 is 11.8 Å². The lowest BCUT2D eigenvalue weighted by Crippen LogP contribution is -2.41. The topological polar surface area (TPSA) is 66.4 Å². The Kier molecular flexibility index (Phi) is 12.8. The molecule has 0 saturated carbocycles. The average Bonchev–Trinajstić information content (AvgIpc) is 2.39. The molecule has 0 rings (SSSR count). The molecule has 20 heavy (non-hydrogen) atoms. The van der Waals surface area contributed by atoms with Gasteiger partial charge in [-0.2, -0.15) is 11.8 Å². The van der Waals surface area contributed by atoms with Crippen molar-refractivity contribution in [3.63, 3.8) is 0 Å². The van der Waals surface area contributed by atoms with E-state index in [1.807, 2.05) is 0 Å². The van der Waals surface area contributed by atoms with Crippen LogP contribution in [0.4, 0.5) is 0 Å². The highest BCUT2D eigenvalue weighted by Gasteiger charge is 2.17. The van der Waals surface area contributed by atoms with E-state index in [1.165, 1.54) is 51.9 Å². The Morgan fingerprint density at radius 1 is 1.05 bits per heavy atom. The maximum Gasteiger partial charge on any atom is 0.327 e. The Hall–Kier alpha value is -0.710. The molecule has 1 atom stereocenters.